The Kier molecular flexibility index (Phi) is 5.54. The molecule has 0 fully saturated rings. The highest BCUT2D eigenvalue weighted by Crippen LogP contribution is 2.26. The minimum absolute atomic E-state index is 0.0648. The zero-order valence-electron chi connectivity index (χ0n) is 11.3. The van der Waals surface area contributed by atoms with Gasteiger partial charge in [0.1, 0.15) is 17.3 Å². The molecule has 1 aromatic rings. The second-order valence-corrected chi connectivity index (χ2v) is 4.66. The molecule has 0 aliphatic rings. The topological polar surface area (TPSA) is 29.3 Å². The van der Waals surface area contributed by atoms with E-state index in [0.29, 0.717) is 24.6 Å². The monoisotopic (exact) mass is 256 g/mol. The van der Waals surface area contributed by atoms with Crippen molar-refractivity contribution in [1.82, 2.24) is 0 Å². The molecule has 0 saturated heterocycles. The third-order valence-corrected chi connectivity index (χ3v) is 3.24. The molecular weight excluding hydrogens is 234 g/mol. The lowest BCUT2D eigenvalue weighted by Crippen LogP contribution is -2.30. The van der Waals surface area contributed by atoms with E-state index in [-0.39, 0.29) is 12.2 Å². The van der Waals surface area contributed by atoms with Gasteiger partial charge in [-0.25, -0.2) is 8.78 Å². The molecule has 0 spiro atoms. The summed E-state index contributed by atoms with van der Waals surface area (Å²) in [6.07, 6.45) is 0.987. The van der Waals surface area contributed by atoms with Crippen molar-refractivity contribution in [3.05, 3.63) is 29.3 Å². The van der Waals surface area contributed by atoms with Gasteiger partial charge in [0.15, 0.2) is 0 Å². The summed E-state index contributed by atoms with van der Waals surface area (Å²) >= 11 is 0. The van der Waals surface area contributed by atoms with Gasteiger partial charge >= 0.3 is 0 Å². The SMILES string of the molecule is CCC(C)CN(CC)c1c(F)cc(CN)cc1F. The summed E-state index contributed by atoms with van der Waals surface area (Å²) in [5.74, 6) is -0.654. The van der Waals surface area contributed by atoms with Crippen LogP contribution in [-0.4, -0.2) is 13.1 Å². The van der Waals surface area contributed by atoms with Gasteiger partial charge in [-0.15, -0.1) is 0 Å². The van der Waals surface area contributed by atoms with Crippen LogP contribution in [-0.2, 0) is 6.54 Å². The van der Waals surface area contributed by atoms with Crippen LogP contribution in [0.25, 0.3) is 0 Å². The van der Waals surface area contributed by atoms with Crippen LogP contribution in [0.2, 0.25) is 0 Å². The zero-order chi connectivity index (χ0) is 13.7. The number of benzene rings is 1. The lowest BCUT2D eigenvalue weighted by Gasteiger charge is -2.27. The van der Waals surface area contributed by atoms with Gasteiger partial charge in [-0.3, -0.25) is 0 Å². The normalized spacial score (nSPS) is 12.6. The van der Waals surface area contributed by atoms with E-state index in [9.17, 15) is 8.78 Å². The first-order valence-corrected chi connectivity index (χ1v) is 6.46. The molecule has 0 saturated carbocycles. The van der Waals surface area contributed by atoms with Crippen LogP contribution in [0.1, 0.15) is 32.8 Å². The number of nitrogens with two attached hydrogens (primary N) is 1. The van der Waals surface area contributed by atoms with Crippen molar-refractivity contribution in [2.75, 3.05) is 18.0 Å². The van der Waals surface area contributed by atoms with Gasteiger partial charge in [0.2, 0.25) is 0 Å². The fourth-order valence-electron chi connectivity index (χ4n) is 1.92. The van der Waals surface area contributed by atoms with Crippen LogP contribution in [0, 0.1) is 17.6 Å². The van der Waals surface area contributed by atoms with E-state index >= 15 is 0 Å². The first kappa shape index (κ1) is 14.9. The Morgan fingerprint density at radius 1 is 1.22 bits per heavy atom. The van der Waals surface area contributed by atoms with Crippen molar-refractivity contribution in [2.24, 2.45) is 11.7 Å². The van der Waals surface area contributed by atoms with Crippen molar-refractivity contribution in [2.45, 2.75) is 33.7 Å². The summed E-state index contributed by atoms with van der Waals surface area (Å²) in [6, 6.07) is 2.63. The Morgan fingerprint density at radius 3 is 2.17 bits per heavy atom. The Morgan fingerprint density at radius 2 is 1.78 bits per heavy atom. The van der Waals surface area contributed by atoms with Gasteiger partial charge in [0, 0.05) is 19.6 Å². The Hall–Kier alpha value is -1.16. The molecule has 4 heteroatoms. The molecular formula is C14H22F2N2. The maximum Gasteiger partial charge on any atom is 0.149 e. The number of nitrogens with zero attached hydrogens (tertiary/aromatic N) is 1. The van der Waals surface area contributed by atoms with Crippen molar-refractivity contribution in [1.29, 1.82) is 0 Å². The van der Waals surface area contributed by atoms with Gasteiger partial charge in [-0.2, -0.15) is 0 Å². The smallest absolute Gasteiger partial charge is 0.149 e. The van der Waals surface area contributed by atoms with Gasteiger partial charge in [0.25, 0.3) is 0 Å². The fraction of sp³-hybridized carbons (Fsp3) is 0.571. The van der Waals surface area contributed by atoms with E-state index in [2.05, 4.69) is 13.8 Å². The van der Waals surface area contributed by atoms with E-state index in [1.54, 1.807) is 4.90 Å². The molecule has 0 aliphatic heterocycles. The standard InChI is InChI=1S/C14H22F2N2/c1-4-10(3)9-18(5-2)14-12(15)6-11(8-17)7-13(14)16/h6-7,10H,4-5,8-9,17H2,1-3H3. The molecule has 0 bridgehead atoms. The predicted molar refractivity (Wildman–Crippen MR) is 71.6 cm³/mol. The third kappa shape index (κ3) is 3.42. The average molecular weight is 256 g/mol. The maximum atomic E-state index is 14.0. The summed E-state index contributed by atoms with van der Waals surface area (Å²) in [7, 11) is 0. The summed E-state index contributed by atoms with van der Waals surface area (Å²) in [5.41, 5.74) is 5.95. The third-order valence-electron chi connectivity index (χ3n) is 3.24. The first-order chi connectivity index (χ1) is 8.53. The van der Waals surface area contributed by atoms with E-state index in [1.165, 1.54) is 12.1 Å². The molecule has 0 heterocycles. The van der Waals surface area contributed by atoms with Gasteiger partial charge in [-0.1, -0.05) is 20.3 Å². The molecule has 102 valence electrons. The number of hydrogen-bond acceptors (Lipinski definition) is 2. The summed E-state index contributed by atoms with van der Waals surface area (Å²) in [4.78, 5) is 1.75. The van der Waals surface area contributed by atoms with Gasteiger partial charge in [0.05, 0.1) is 0 Å². The molecule has 1 unspecified atom stereocenters. The number of hydrogen-bond donors (Lipinski definition) is 1. The van der Waals surface area contributed by atoms with Crippen molar-refractivity contribution < 1.29 is 8.78 Å². The lowest BCUT2D eigenvalue weighted by atomic mass is 10.1. The van der Waals surface area contributed by atoms with Crippen LogP contribution >= 0.6 is 0 Å². The number of anilines is 1. The summed E-state index contributed by atoms with van der Waals surface area (Å²) < 4.78 is 27.9. The molecule has 0 aromatic heterocycles. The predicted octanol–water partition coefficient (Wildman–Crippen LogP) is 3.30. The van der Waals surface area contributed by atoms with E-state index in [4.69, 9.17) is 5.73 Å². The largest absolute Gasteiger partial charge is 0.367 e. The first-order valence-electron chi connectivity index (χ1n) is 6.46. The van der Waals surface area contributed by atoms with Crippen LogP contribution < -0.4 is 10.6 Å². The molecule has 2 N–H and O–H groups in total. The molecule has 0 radical (unpaired) electrons. The molecule has 1 aromatic carbocycles. The Balaban J connectivity index is 3.05. The lowest BCUT2D eigenvalue weighted by molar-refractivity contribution is 0.521. The fourth-order valence-corrected chi connectivity index (χ4v) is 1.92. The zero-order valence-corrected chi connectivity index (χ0v) is 11.3. The highest BCUT2D eigenvalue weighted by Gasteiger charge is 2.18. The van der Waals surface area contributed by atoms with Crippen LogP contribution in [0.3, 0.4) is 0 Å². The number of rotatable bonds is 6. The molecule has 2 nitrogen and oxygen atoms in total. The van der Waals surface area contributed by atoms with Crippen LogP contribution in [0.5, 0.6) is 0 Å². The Labute approximate surface area is 108 Å². The maximum absolute atomic E-state index is 14.0. The van der Waals surface area contributed by atoms with E-state index in [1.807, 2.05) is 6.92 Å². The highest BCUT2D eigenvalue weighted by molar-refractivity contribution is 5.50. The van der Waals surface area contributed by atoms with Gasteiger partial charge < -0.3 is 10.6 Å². The van der Waals surface area contributed by atoms with Crippen molar-refractivity contribution in [3.63, 3.8) is 0 Å². The van der Waals surface area contributed by atoms with Crippen molar-refractivity contribution >= 4 is 5.69 Å². The quantitative estimate of drug-likeness (QED) is 0.846. The van der Waals surface area contributed by atoms with E-state index in [0.717, 1.165) is 6.42 Å². The van der Waals surface area contributed by atoms with Crippen LogP contribution in [0.15, 0.2) is 12.1 Å². The molecule has 1 rings (SSSR count). The second kappa shape index (κ2) is 6.69. The van der Waals surface area contributed by atoms with E-state index < -0.39 is 11.6 Å². The van der Waals surface area contributed by atoms with Crippen molar-refractivity contribution in [3.8, 4) is 0 Å². The molecule has 1 atom stereocenters. The summed E-state index contributed by atoms with van der Waals surface area (Å²) in [6.45, 7) is 7.43. The second-order valence-electron chi connectivity index (χ2n) is 4.66. The van der Waals surface area contributed by atoms with Gasteiger partial charge in [-0.05, 0) is 30.5 Å². The Bertz CT molecular complexity index is 370. The minimum Gasteiger partial charge on any atom is -0.367 e. The molecule has 18 heavy (non-hydrogen) atoms. The number of halogens is 2. The van der Waals surface area contributed by atoms with Crippen LogP contribution in [0.4, 0.5) is 14.5 Å². The average Bonchev–Trinajstić information content (AvgIpc) is 2.35. The molecule has 0 aliphatic carbocycles. The molecule has 0 amide bonds. The highest BCUT2D eigenvalue weighted by atomic mass is 19.1. The summed E-state index contributed by atoms with van der Waals surface area (Å²) in [5, 5.41) is 0. The minimum atomic E-state index is -0.527.